The Morgan fingerprint density at radius 2 is 1.80 bits per heavy atom. The van der Waals surface area contributed by atoms with Gasteiger partial charge in [-0.05, 0) is 31.9 Å². The molecule has 1 aromatic carbocycles. The van der Waals surface area contributed by atoms with E-state index in [9.17, 15) is 18.7 Å². The van der Waals surface area contributed by atoms with Crippen molar-refractivity contribution in [2.24, 2.45) is 5.92 Å². The molecule has 1 amide bonds. The Bertz CT molecular complexity index is 1410. The summed E-state index contributed by atoms with van der Waals surface area (Å²) < 4.78 is 28.9. The minimum atomic E-state index is -0.580. The molecule has 12 heteroatoms. The summed E-state index contributed by atoms with van der Waals surface area (Å²) in [5, 5.41) is 14.9. The predicted molar refractivity (Wildman–Crippen MR) is 153 cm³/mol. The lowest BCUT2D eigenvalue weighted by atomic mass is 9.91. The zero-order valence-electron chi connectivity index (χ0n) is 23.5. The van der Waals surface area contributed by atoms with Crippen LogP contribution in [0.5, 0.6) is 0 Å². The van der Waals surface area contributed by atoms with Crippen molar-refractivity contribution < 1.29 is 18.7 Å². The molecule has 2 aromatic heterocycles. The Morgan fingerprint density at radius 1 is 1.10 bits per heavy atom. The van der Waals surface area contributed by atoms with E-state index in [4.69, 9.17) is 5.73 Å². The van der Waals surface area contributed by atoms with Crippen LogP contribution in [0, 0.1) is 24.5 Å². The van der Waals surface area contributed by atoms with E-state index >= 15 is 0 Å². The number of benzene rings is 1. The molecule has 5 rings (SSSR count). The molecule has 0 spiro atoms. The SMILES string of the molecule is Cc1c(/C=C/CN2CCN(c3cc(F)cc(F)c3)CC2)cnn1-c1cc(C2C[C@H](O)C[C@H]2C(=O)N(C)C)nc(N)n1. The molecule has 1 saturated carbocycles. The molecule has 1 aliphatic carbocycles. The molecule has 2 aliphatic rings. The highest BCUT2D eigenvalue weighted by Gasteiger charge is 2.40. The van der Waals surface area contributed by atoms with E-state index in [1.807, 2.05) is 17.9 Å². The summed E-state index contributed by atoms with van der Waals surface area (Å²) in [6.45, 7) is 5.59. The molecule has 1 aliphatic heterocycles. The van der Waals surface area contributed by atoms with Crippen LogP contribution in [0.4, 0.5) is 20.4 Å². The fraction of sp³-hybridized carbons (Fsp3) is 0.448. The molecule has 3 N–H and O–H groups in total. The topological polar surface area (TPSA) is 117 Å². The maximum Gasteiger partial charge on any atom is 0.225 e. The minimum Gasteiger partial charge on any atom is -0.393 e. The lowest BCUT2D eigenvalue weighted by Gasteiger charge is -2.35. The number of rotatable bonds is 7. The number of aliphatic hydroxyl groups excluding tert-OH is 1. The van der Waals surface area contributed by atoms with Crippen molar-refractivity contribution in [3.63, 3.8) is 0 Å². The van der Waals surface area contributed by atoms with Gasteiger partial charge in [0.15, 0.2) is 5.82 Å². The summed E-state index contributed by atoms with van der Waals surface area (Å²) in [4.78, 5) is 27.4. The molecule has 3 heterocycles. The Morgan fingerprint density at radius 3 is 2.49 bits per heavy atom. The van der Waals surface area contributed by atoms with Crippen molar-refractivity contribution in [2.75, 3.05) is 57.5 Å². The third-order valence-corrected chi connectivity index (χ3v) is 7.94. The maximum absolute atomic E-state index is 13.6. The van der Waals surface area contributed by atoms with Gasteiger partial charge in [0.25, 0.3) is 0 Å². The second-order valence-corrected chi connectivity index (χ2v) is 11.0. The highest BCUT2D eigenvalue weighted by atomic mass is 19.1. The van der Waals surface area contributed by atoms with Crippen LogP contribution < -0.4 is 10.6 Å². The number of amides is 1. The van der Waals surface area contributed by atoms with Gasteiger partial charge in [-0.3, -0.25) is 9.69 Å². The average Bonchev–Trinajstić information content (AvgIpc) is 3.50. The van der Waals surface area contributed by atoms with Crippen molar-refractivity contribution in [1.29, 1.82) is 0 Å². The van der Waals surface area contributed by atoms with Crippen molar-refractivity contribution in [3.8, 4) is 5.82 Å². The molecular formula is C29H36F2N8O2. The van der Waals surface area contributed by atoms with Crippen molar-refractivity contribution in [2.45, 2.75) is 31.8 Å². The molecule has 3 atom stereocenters. The summed E-state index contributed by atoms with van der Waals surface area (Å²) in [6, 6.07) is 5.42. The van der Waals surface area contributed by atoms with Crippen LogP contribution in [-0.4, -0.2) is 93.5 Å². The third-order valence-electron chi connectivity index (χ3n) is 7.94. The molecule has 218 valence electrons. The first kappa shape index (κ1) is 28.6. The predicted octanol–water partition coefficient (Wildman–Crippen LogP) is 2.61. The monoisotopic (exact) mass is 566 g/mol. The fourth-order valence-corrected chi connectivity index (χ4v) is 5.77. The summed E-state index contributed by atoms with van der Waals surface area (Å²) in [6.07, 6.45) is 6.08. The lowest BCUT2D eigenvalue weighted by molar-refractivity contribution is -0.133. The number of hydrogen-bond donors (Lipinski definition) is 2. The van der Waals surface area contributed by atoms with Crippen LogP contribution in [0.25, 0.3) is 11.9 Å². The molecule has 10 nitrogen and oxygen atoms in total. The van der Waals surface area contributed by atoms with E-state index in [1.165, 1.54) is 12.1 Å². The minimum absolute atomic E-state index is 0.0442. The largest absolute Gasteiger partial charge is 0.393 e. The van der Waals surface area contributed by atoms with Gasteiger partial charge >= 0.3 is 0 Å². The van der Waals surface area contributed by atoms with Gasteiger partial charge in [0.1, 0.15) is 11.6 Å². The number of halogens is 2. The number of hydrogen-bond acceptors (Lipinski definition) is 8. The smallest absolute Gasteiger partial charge is 0.225 e. The van der Waals surface area contributed by atoms with E-state index in [-0.39, 0.29) is 23.7 Å². The number of aromatic nitrogens is 4. The molecule has 41 heavy (non-hydrogen) atoms. The first-order chi connectivity index (χ1) is 19.6. The van der Waals surface area contributed by atoms with Gasteiger partial charge in [-0.15, -0.1) is 0 Å². The van der Waals surface area contributed by atoms with Crippen LogP contribution in [0.15, 0.2) is 36.5 Å². The lowest BCUT2D eigenvalue weighted by Crippen LogP contribution is -2.46. The normalized spacial score (nSPS) is 21.6. The number of anilines is 2. The molecule has 1 unspecified atom stereocenters. The summed E-state index contributed by atoms with van der Waals surface area (Å²) in [5.41, 5.74) is 9.07. The maximum atomic E-state index is 13.6. The number of nitrogen functional groups attached to an aromatic ring is 1. The standard InChI is InChI=1S/C29H36F2N8O2/c1-18-19(5-4-6-37-7-9-38(10-8-37)22-12-20(30)11-21(31)13-22)17-33-39(18)27-16-26(34-29(32)35-27)24-14-23(40)15-25(24)28(41)36(2)3/h4-5,11-13,16-17,23-25,40H,6-10,14-15H2,1-3H3,(H2,32,34,35)/b5-4+/t23-,24?,25+/m0/s1. The van der Waals surface area contributed by atoms with E-state index in [1.54, 1.807) is 35.9 Å². The quantitative estimate of drug-likeness (QED) is 0.449. The van der Waals surface area contributed by atoms with Gasteiger partial charge in [0.05, 0.1) is 23.7 Å². The highest BCUT2D eigenvalue weighted by molar-refractivity contribution is 5.79. The van der Waals surface area contributed by atoms with Crippen LogP contribution in [0.3, 0.4) is 0 Å². The van der Waals surface area contributed by atoms with Crippen molar-refractivity contribution in [3.05, 3.63) is 65.1 Å². The Labute approximate surface area is 238 Å². The number of nitrogens with two attached hydrogens (primary N) is 1. The number of carbonyl (C=O) groups excluding carboxylic acids is 1. The van der Waals surface area contributed by atoms with Gasteiger partial charge < -0.3 is 20.6 Å². The summed E-state index contributed by atoms with van der Waals surface area (Å²) in [5.74, 6) is -1.23. The zero-order valence-corrected chi connectivity index (χ0v) is 23.5. The van der Waals surface area contributed by atoms with E-state index in [0.717, 1.165) is 37.0 Å². The van der Waals surface area contributed by atoms with E-state index in [0.29, 0.717) is 43.1 Å². The average molecular weight is 567 g/mol. The zero-order chi connectivity index (χ0) is 29.3. The van der Waals surface area contributed by atoms with Crippen LogP contribution in [0.2, 0.25) is 0 Å². The number of carbonyl (C=O) groups is 1. The highest BCUT2D eigenvalue weighted by Crippen LogP contribution is 2.40. The number of nitrogens with zero attached hydrogens (tertiary/aromatic N) is 7. The Kier molecular flexibility index (Phi) is 8.32. The van der Waals surface area contributed by atoms with Gasteiger partial charge in [-0.1, -0.05) is 12.2 Å². The third kappa shape index (κ3) is 6.38. The van der Waals surface area contributed by atoms with Crippen molar-refractivity contribution >= 4 is 23.6 Å². The van der Waals surface area contributed by atoms with Gasteiger partial charge in [-0.2, -0.15) is 10.1 Å². The van der Waals surface area contributed by atoms with Crippen LogP contribution >= 0.6 is 0 Å². The molecule has 0 bridgehead atoms. The van der Waals surface area contributed by atoms with Crippen LogP contribution in [-0.2, 0) is 4.79 Å². The molecule has 1 saturated heterocycles. The Balaban J connectivity index is 1.25. The Hall–Kier alpha value is -3.90. The van der Waals surface area contributed by atoms with Gasteiger partial charge in [-0.25, -0.2) is 18.4 Å². The fourth-order valence-electron chi connectivity index (χ4n) is 5.77. The summed E-state index contributed by atoms with van der Waals surface area (Å²) in [7, 11) is 3.42. The molecule has 3 aromatic rings. The summed E-state index contributed by atoms with van der Waals surface area (Å²) >= 11 is 0. The molecule has 0 radical (unpaired) electrons. The van der Waals surface area contributed by atoms with E-state index in [2.05, 4.69) is 26.0 Å². The second-order valence-electron chi connectivity index (χ2n) is 11.0. The second kappa shape index (κ2) is 11.9. The number of piperazine rings is 1. The van der Waals surface area contributed by atoms with Gasteiger partial charge in [0.2, 0.25) is 11.9 Å². The van der Waals surface area contributed by atoms with Crippen molar-refractivity contribution in [1.82, 2.24) is 29.5 Å². The number of aliphatic hydroxyl groups is 1. The molecule has 2 fully saturated rings. The van der Waals surface area contributed by atoms with Crippen LogP contribution in [0.1, 0.15) is 35.7 Å². The van der Waals surface area contributed by atoms with Gasteiger partial charge in [0, 0.05) is 82.0 Å². The first-order valence-electron chi connectivity index (χ1n) is 13.8. The first-order valence-corrected chi connectivity index (χ1v) is 13.8. The van der Waals surface area contributed by atoms with E-state index < -0.39 is 17.7 Å². The molecular weight excluding hydrogens is 530 g/mol.